The van der Waals surface area contributed by atoms with E-state index in [-0.39, 0.29) is 30.4 Å². The molecular formula is C21H37N3O4. The second-order valence-corrected chi connectivity index (χ2v) is 8.53. The molecule has 1 heterocycles. The number of hydrogen-bond donors (Lipinski definition) is 1. The molecule has 0 aromatic rings. The van der Waals surface area contributed by atoms with Crippen LogP contribution < -0.4 is 5.32 Å². The van der Waals surface area contributed by atoms with Gasteiger partial charge in [-0.05, 0) is 59.0 Å². The lowest BCUT2D eigenvalue weighted by Gasteiger charge is -2.35. The average molecular weight is 396 g/mol. The van der Waals surface area contributed by atoms with Crippen LogP contribution in [0.2, 0.25) is 0 Å². The van der Waals surface area contributed by atoms with E-state index in [0.29, 0.717) is 32.1 Å². The second kappa shape index (κ2) is 11.1. The molecule has 0 aromatic carbocycles. The van der Waals surface area contributed by atoms with Crippen molar-refractivity contribution in [2.75, 3.05) is 26.2 Å². The molecule has 7 heteroatoms. The van der Waals surface area contributed by atoms with Crippen LogP contribution in [0.25, 0.3) is 0 Å². The Bertz CT molecular complexity index is 548. The number of hydrogen-bond acceptors (Lipinski definition) is 4. The monoisotopic (exact) mass is 395 g/mol. The molecule has 1 N–H and O–H groups in total. The molecule has 7 nitrogen and oxygen atoms in total. The Morgan fingerprint density at radius 1 is 1.29 bits per heavy atom. The van der Waals surface area contributed by atoms with E-state index in [0.717, 1.165) is 19.3 Å². The van der Waals surface area contributed by atoms with E-state index in [9.17, 15) is 14.4 Å². The largest absolute Gasteiger partial charge is 0.444 e. The number of carbonyl (C=O) groups is 3. The van der Waals surface area contributed by atoms with Gasteiger partial charge in [0.05, 0.1) is 0 Å². The lowest BCUT2D eigenvalue weighted by Crippen LogP contribution is -2.45. The van der Waals surface area contributed by atoms with Gasteiger partial charge >= 0.3 is 6.09 Å². The number of piperidine rings is 1. The summed E-state index contributed by atoms with van der Waals surface area (Å²) < 4.78 is 5.42. The third kappa shape index (κ3) is 8.76. The zero-order valence-corrected chi connectivity index (χ0v) is 18.1. The van der Waals surface area contributed by atoms with Crippen LogP contribution in [0, 0.1) is 5.92 Å². The minimum Gasteiger partial charge on any atom is -0.444 e. The Balaban J connectivity index is 2.51. The molecule has 1 fully saturated rings. The highest BCUT2D eigenvalue weighted by Gasteiger charge is 2.28. The van der Waals surface area contributed by atoms with Crippen molar-refractivity contribution in [2.45, 2.75) is 71.9 Å². The van der Waals surface area contributed by atoms with Crippen LogP contribution in [0.3, 0.4) is 0 Å². The van der Waals surface area contributed by atoms with Crippen molar-refractivity contribution in [3.63, 3.8) is 0 Å². The fourth-order valence-electron chi connectivity index (χ4n) is 3.04. The molecule has 1 aliphatic rings. The molecule has 1 atom stereocenters. The van der Waals surface area contributed by atoms with Gasteiger partial charge in [-0.1, -0.05) is 13.5 Å². The standard InChI is InChI=1S/C21H37N3O4/c1-7-16(3)22-18(25)11-14-24(19(26)8-2)15-17-9-12-23(13-10-17)20(27)28-21(4,5)6/h8,16-17H,2,7,9-15H2,1,3-6H3,(H,22,25). The number of rotatable bonds is 8. The van der Waals surface area contributed by atoms with E-state index in [4.69, 9.17) is 4.74 Å². The zero-order chi connectivity index (χ0) is 21.3. The molecule has 0 aromatic heterocycles. The second-order valence-electron chi connectivity index (χ2n) is 8.53. The highest BCUT2D eigenvalue weighted by molar-refractivity contribution is 5.87. The summed E-state index contributed by atoms with van der Waals surface area (Å²) in [5.74, 6) is 0.0853. The SMILES string of the molecule is C=CC(=O)N(CCC(=O)NC(C)CC)CC1CCN(C(=O)OC(C)(C)C)CC1. The lowest BCUT2D eigenvalue weighted by molar-refractivity contribution is -0.128. The summed E-state index contributed by atoms with van der Waals surface area (Å²) >= 11 is 0. The van der Waals surface area contributed by atoms with E-state index in [1.165, 1.54) is 6.08 Å². The Morgan fingerprint density at radius 2 is 1.89 bits per heavy atom. The van der Waals surface area contributed by atoms with E-state index in [2.05, 4.69) is 11.9 Å². The normalized spacial score (nSPS) is 16.2. The van der Waals surface area contributed by atoms with Gasteiger partial charge in [0, 0.05) is 38.6 Å². The molecular weight excluding hydrogens is 358 g/mol. The predicted octanol–water partition coefficient (Wildman–Crippen LogP) is 2.95. The van der Waals surface area contributed by atoms with Crippen molar-refractivity contribution in [3.8, 4) is 0 Å². The maximum atomic E-state index is 12.2. The molecule has 0 aliphatic carbocycles. The number of amides is 3. The first-order chi connectivity index (χ1) is 13.1. The van der Waals surface area contributed by atoms with Crippen LogP contribution in [-0.2, 0) is 14.3 Å². The minimum atomic E-state index is -0.503. The molecule has 1 saturated heterocycles. The Morgan fingerprint density at radius 3 is 2.39 bits per heavy atom. The highest BCUT2D eigenvalue weighted by Crippen LogP contribution is 2.21. The first-order valence-corrected chi connectivity index (χ1v) is 10.2. The number of carbonyl (C=O) groups excluding carboxylic acids is 3. The summed E-state index contributed by atoms with van der Waals surface area (Å²) in [7, 11) is 0. The van der Waals surface area contributed by atoms with Crippen molar-refractivity contribution in [2.24, 2.45) is 5.92 Å². The molecule has 160 valence electrons. The predicted molar refractivity (Wildman–Crippen MR) is 110 cm³/mol. The van der Waals surface area contributed by atoms with E-state index in [1.807, 2.05) is 34.6 Å². The number of nitrogens with zero attached hydrogens (tertiary/aromatic N) is 2. The molecule has 1 rings (SSSR count). The number of nitrogens with one attached hydrogen (secondary N) is 1. The highest BCUT2D eigenvalue weighted by atomic mass is 16.6. The van der Waals surface area contributed by atoms with E-state index >= 15 is 0 Å². The fourth-order valence-corrected chi connectivity index (χ4v) is 3.04. The average Bonchev–Trinajstić information content (AvgIpc) is 2.63. The van der Waals surface area contributed by atoms with Crippen LogP contribution in [0.5, 0.6) is 0 Å². The quantitative estimate of drug-likeness (QED) is 0.641. The summed E-state index contributed by atoms with van der Waals surface area (Å²) in [6.07, 6.45) is 3.77. The van der Waals surface area contributed by atoms with Crippen molar-refractivity contribution in [3.05, 3.63) is 12.7 Å². The van der Waals surface area contributed by atoms with E-state index in [1.54, 1.807) is 9.80 Å². The van der Waals surface area contributed by atoms with E-state index < -0.39 is 5.60 Å². The summed E-state index contributed by atoms with van der Waals surface area (Å²) in [6.45, 7) is 15.3. The van der Waals surface area contributed by atoms with Crippen LogP contribution in [-0.4, -0.2) is 65.5 Å². The molecule has 3 amide bonds. The summed E-state index contributed by atoms with van der Waals surface area (Å²) in [6, 6.07) is 0.133. The molecule has 0 radical (unpaired) electrons. The third-order valence-electron chi connectivity index (χ3n) is 4.86. The maximum absolute atomic E-state index is 12.2. The summed E-state index contributed by atoms with van der Waals surface area (Å²) in [5.41, 5.74) is -0.503. The van der Waals surface area contributed by atoms with Crippen LogP contribution >= 0.6 is 0 Å². The molecule has 1 aliphatic heterocycles. The van der Waals surface area contributed by atoms with Gasteiger partial charge in [-0.15, -0.1) is 0 Å². The molecule has 28 heavy (non-hydrogen) atoms. The smallest absolute Gasteiger partial charge is 0.410 e. The van der Waals surface area contributed by atoms with Gasteiger partial charge < -0.3 is 19.9 Å². The summed E-state index contributed by atoms with van der Waals surface area (Å²) in [4.78, 5) is 39.8. The molecule has 0 spiro atoms. The van der Waals surface area contributed by atoms with Gasteiger partial charge in [0.15, 0.2) is 0 Å². The van der Waals surface area contributed by atoms with Gasteiger partial charge in [-0.2, -0.15) is 0 Å². The van der Waals surface area contributed by atoms with Gasteiger partial charge in [-0.3, -0.25) is 9.59 Å². The number of likely N-dealkylation sites (tertiary alicyclic amines) is 1. The lowest BCUT2D eigenvalue weighted by atomic mass is 9.96. The third-order valence-corrected chi connectivity index (χ3v) is 4.86. The summed E-state index contributed by atoms with van der Waals surface area (Å²) in [5, 5.41) is 2.92. The first-order valence-electron chi connectivity index (χ1n) is 10.2. The molecule has 0 bridgehead atoms. The van der Waals surface area contributed by atoms with Crippen molar-refractivity contribution < 1.29 is 19.1 Å². The van der Waals surface area contributed by atoms with Crippen molar-refractivity contribution in [1.82, 2.24) is 15.1 Å². The fraction of sp³-hybridized carbons (Fsp3) is 0.762. The maximum Gasteiger partial charge on any atom is 0.410 e. The minimum absolute atomic E-state index is 0.0454. The van der Waals surface area contributed by atoms with Gasteiger partial charge in [-0.25, -0.2) is 4.79 Å². The van der Waals surface area contributed by atoms with Gasteiger partial charge in [0.2, 0.25) is 11.8 Å². The Hall–Kier alpha value is -2.05. The topological polar surface area (TPSA) is 79.0 Å². The molecule has 0 saturated carbocycles. The number of ether oxygens (including phenoxy) is 1. The van der Waals surface area contributed by atoms with Gasteiger partial charge in [0.1, 0.15) is 5.60 Å². The first kappa shape index (κ1) is 24.0. The van der Waals surface area contributed by atoms with Gasteiger partial charge in [0.25, 0.3) is 0 Å². The van der Waals surface area contributed by atoms with Crippen LogP contribution in [0.4, 0.5) is 4.79 Å². The van der Waals surface area contributed by atoms with Crippen LogP contribution in [0.15, 0.2) is 12.7 Å². The van der Waals surface area contributed by atoms with Crippen molar-refractivity contribution >= 4 is 17.9 Å². The van der Waals surface area contributed by atoms with Crippen LogP contribution in [0.1, 0.15) is 60.3 Å². The molecule has 1 unspecified atom stereocenters. The zero-order valence-electron chi connectivity index (χ0n) is 18.1. The van der Waals surface area contributed by atoms with Crippen molar-refractivity contribution in [1.29, 1.82) is 0 Å². The Kier molecular flexibility index (Phi) is 9.49. The Labute approximate surface area is 169 Å².